The number of anilines is 1. The second kappa shape index (κ2) is 8.30. The number of carbonyl (C=O) groups excluding carboxylic acids is 3. The maximum absolute atomic E-state index is 12.4. The second-order valence-electron chi connectivity index (χ2n) is 6.17. The summed E-state index contributed by atoms with van der Waals surface area (Å²) in [6.45, 7) is 2.90. The van der Waals surface area contributed by atoms with E-state index in [-0.39, 0.29) is 11.3 Å². The third-order valence-corrected chi connectivity index (χ3v) is 5.35. The van der Waals surface area contributed by atoms with Crippen LogP contribution in [-0.4, -0.2) is 41.1 Å². The predicted molar refractivity (Wildman–Crippen MR) is 101 cm³/mol. The van der Waals surface area contributed by atoms with Crippen LogP contribution >= 0.6 is 11.8 Å². The van der Waals surface area contributed by atoms with Gasteiger partial charge in [-0.15, -0.1) is 11.8 Å². The fourth-order valence-corrected chi connectivity index (χ4v) is 4.29. The summed E-state index contributed by atoms with van der Waals surface area (Å²) < 4.78 is 10.5. The van der Waals surface area contributed by atoms with Crippen molar-refractivity contribution >= 4 is 35.2 Å². The van der Waals surface area contributed by atoms with Gasteiger partial charge in [0.15, 0.2) is 6.61 Å². The van der Waals surface area contributed by atoms with E-state index >= 15 is 0 Å². The van der Waals surface area contributed by atoms with E-state index in [9.17, 15) is 14.4 Å². The summed E-state index contributed by atoms with van der Waals surface area (Å²) >= 11 is 1.42. The Morgan fingerprint density at radius 1 is 1.30 bits per heavy atom. The first-order valence-corrected chi connectivity index (χ1v) is 9.47. The molecule has 142 valence electrons. The van der Waals surface area contributed by atoms with Crippen molar-refractivity contribution in [2.75, 3.05) is 17.7 Å². The zero-order chi connectivity index (χ0) is 19.4. The molecule has 0 spiro atoms. The van der Waals surface area contributed by atoms with Crippen LogP contribution in [-0.2, 0) is 19.1 Å². The molecule has 2 atom stereocenters. The predicted octanol–water partition coefficient (Wildman–Crippen LogP) is 2.73. The van der Waals surface area contributed by atoms with Gasteiger partial charge in [0.1, 0.15) is 17.2 Å². The Hall–Kier alpha value is -2.74. The number of carbonyl (C=O) groups is 3. The summed E-state index contributed by atoms with van der Waals surface area (Å²) in [6.07, 6.45) is 1.52. The van der Waals surface area contributed by atoms with Gasteiger partial charge in [-0.25, -0.2) is 4.79 Å². The number of benzene rings is 1. The van der Waals surface area contributed by atoms with Crippen molar-refractivity contribution < 1.29 is 23.5 Å². The van der Waals surface area contributed by atoms with E-state index in [0.29, 0.717) is 17.2 Å². The number of aryl methyl sites for hydroxylation is 1. The van der Waals surface area contributed by atoms with Gasteiger partial charge < -0.3 is 19.4 Å². The largest absolute Gasteiger partial charge is 0.466 e. The van der Waals surface area contributed by atoms with Crippen molar-refractivity contribution in [1.29, 1.82) is 0 Å². The Kier molecular flexibility index (Phi) is 5.85. The van der Waals surface area contributed by atoms with E-state index in [1.165, 1.54) is 29.8 Å². The standard InChI is InChI=1S/C19H20N2O5S/c1-12-5-3-6-14(9-12)20-17(23)10-26-19(24)15-11-27-18(21(15)13(2)22)16-7-4-8-25-16/h3-9,15,18H,10-11H2,1-2H3,(H,20,23)/t15-,18+/m1/s1. The second-order valence-corrected chi connectivity index (χ2v) is 7.28. The number of nitrogens with zero attached hydrogens (tertiary/aromatic N) is 1. The smallest absolute Gasteiger partial charge is 0.330 e. The van der Waals surface area contributed by atoms with Crippen molar-refractivity contribution in [3.8, 4) is 0 Å². The lowest BCUT2D eigenvalue weighted by Gasteiger charge is -2.25. The topological polar surface area (TPSA) is 88.8 Å². The molecular weight excluding hydrogens is 368 g/mol. The highest BCUT2D eigenvalue weighted by Gasteiger charge is 2.43. The van der Waals surface area contributed by atoms with Gasteiger partial charge in [-0.05, 0) is 36.8 Å². The number of nitrogens with one attached hydrogen (secondary N) is 1. The Bertz CT molecular complexity index is 836. The first-order valence-electron chi connectivity index (χ1n) is 8.43. The molecule has 0 unspecified atom stereocenters. The van der Waals surface area contributed by atoms with E-state index in [0.717, 1.165) is 5.56 Å². The minimum Gasteiger partial charge on any atom is -0.466 e. The molecule has 1 aliphatic heterocycles. The van der Waals surface area contributed by atoms with Crippen LogP contribution in [0.25, 0.3) is 0 Å². The summed E-state index contributed by atoms with van der Waals surface area (Å²) in [5.41, 5.74) is 1.64. The summed E-state index contributed by atoms with van der Waals surface area (Å²) in [6, 6.07) is 10.1. The molecule has 0 bridgehead atoms. The van der Waals surface area contributed by atoms with Crippen LogP contribution in [0.1, 0.15) is 23.6 Å². The molecule has 2 heterocycles. The van der Waals surface area contributed by atoms with E-state index in [1.807, 2.05) is 25.1 Å². The van der Waals surface area contributed by atoms with Crippen LogP contribution in [0, 0.1) is 6.92 Å². The van der Waals surface area contributed by atoms with Crippen molar-refractivity contribution in [1.82, 2.24) is 4.90 Å². The van der Waals surface area contributed by atoms with Crippen LogP contribution in [0.4, 0.5) is 5.69 Å². The lowest BCUT2D eigenvalue weighted by atomic mass is 10.2. The molecule has 1 saturated heterocycles. The van der Waals surface area contributed by atoms with Gasteiger partial charge >= 0.3 is 5.97 Å². The average Bonchev–Trinajstić information content (AvgIpc) is 3.28. The van der Waals surface area contributed by atoms with Crippen molar-refractivity contribution in [3.63, 3.8) is 0 Å². The number of amides is 2. The van der Waals surface area contributed by atoms with Gasteiger partial charge in [0.2, 0.25) is 5.91 Å². The fourth-order valence-electron chi connectivity index (χ4n) is 2.88. The molecule has 1 aliphatic rings. The lowest BCUT2D eigenvalue weighted by molar-refractivity contribution is -0.155. The molecule has 8 heteroatoms. The summed E-state index contributed by atoms with van der Waals surface area (Å²) in [5, 5.41) is 2.30. The van der Waals surface area contributed by atoms with Gasteiger partial charge in [0.25, 0.3) is 5.91 Å². The number of rotatable bonds is 5. The Balaban J connectivity index is 1.58. The van der Waals surface area contributed by atoms with E-state index in [4.69, 9.17) is 9.15 Å². The van der Waals surface area contributed by atoms with Crippen LogP contribution < -0.4 is 5.32 Å². The van der Waals surface area contributed by atoms with Crippen molar-refractivity contribution in [2.45, 2.75) is 25.3 Å². The molecule has 0 saturated carbocycles. The van der Waals surface area contributed by atoms with Gasteiger partial charge in [-0.2, -0.15) is 0 Å². The Morgan fingerprint density at radius 2 is 2.11 bits per heavy atom. The Labute approximate surface area is 161 Å². The molecule has 7 nitrogen and oxygen atoms in total. The number of furan rings is 1. The highest BCUT2D eigenvalue weighted by molar-refractivity contribution is 7.99. The summed E-state index contributed by atoms with van der Waals surface area (Å²) in [4.78, 5) is 38.0. The van der Waals surface area contributed by atoms with Crippen LogP contribution in [0.3, 0.4) is 0 Å². The van der Waals surface area contributed by atoms with E-state index < -0.39 is 24.5 Å². The van der Waals surface area contributed by atoms with Gasteiger partial charge in [-0.3, -0.25) is 9.59 Å². The number of hydrogen-bond acceptors (Lipinski definition) is 6. The minimum absolute atomic E-state index is 0.257. The molecular formula is C19H20N2O5S. The maximum atomic E-state index is 12.4. The molecule has 2 amide bonds. The molecule has 1 N–H and O–H groups in total. The van der Waals surface area contributed by atoms with Gasteiger partial charge in [0.05, 0.1) is 6.26 Å². The zero-order valence-corrected chi connectivity index (χ0v) is 15.8. The third-order valence-electron chi connectivity index (χ3n) is 4.07. The third kappa shape index (κ3) is 4.51. The van der Waals surface area contributed by atoms with Crippen LogP contribution in [0.5, 0.6) is 0 Å². The molecule has 1 aromatic carbocycles. The van der Waals surface area contributed by atoms with E-state index in [2.05, 4.69) is 5.32 Å². The first-order chi connectivity index (χ1) is 13.0. The Morgan fingerprint density at radius 3 is 2.78 bits per heavy atom. The maximum Gasteiger partial charge on any atom is 0.330 e. The van der Waals surface area contributed by atoms with E-state index in [1.54, 1.807) is 18.2 Å². The number of esters is 1. The normalized spacial score (nSPS) is 19.0. The molecule has 0 radical (unpaired) electrons. The first kappa shape index (κ1) is 19.0. The molecule has 1 fully saturated rings. The summed E-state index contributed by atoms with van der Waals surface area (Å²) in [7, 11) is 0. The SMILES string of the molecule is CC(=O)N1[C@@H](C(=O)OCC(=O)Nc2cccc(C)c2)CS[C@H]1c1ccco1. The van der Waals surface area contributed by atoms with Gasteiger partial charge in [0, 0.05) is 18.4 Å². The molecule has 3 rings (SSSR count). The number of hydrogen-bond donors (Lipinski definition) is 1. The van der Waals surface area contributed by atoms with Crippen LogP contribution in [0.15, 0.2) is 47.1 Å². The molecule has 0 aliphatic carbocycles. The monoisotopic (exact) mass is 388 g/mol. The highest BCUT2D eigenvalue weighted by atomic mass is 32.2. The van der Waals surface area contributed by atoms with Gasteiger partial charge in [-0.1, -0.05) is 12.1 Å². The quantitative estimate of drug-likeness (QED) is 0.793. The number of thioether (sulfide) groups is 1. The van der Waals surface area contributed by atoms with Crippen molar-refractivity contribution in [2.24, 2.45) is 0 Å². The number of ether oxygens (including phenoxy) is 1. The summed E-state index contributed by atoms with van der Waals surface area (Å²) in [5.74, 6) is -0.318. The minimum atomic E-state index is -0.755. The molecule has 27 heavy (non-hydrogen) atoms. The fraction of sp³-hybridized carbons (Fsp3) is 0.316. The zero-order valence-electron chi connectivity index (χ0n) is 15.0. The van der Waals surface area contributed by atoms with Crippen LogP contribution in [0.2, 0.25) is 0 Å². The molecule has 2 aromatic rings. The average molecular weight is 388 g/mol. The van der Waals surface area contributed by atoms with Crippen molar-refractivity contribution in [3.05, 3.63) is 54.0 Å². The lowest BCUT2D eigenvalue weighted by Crippen LogP contribution is -2.43. The molecule has 1 aromatic heterocycles. The highest BCUT2D eigenvalue weighted by Crippen LogP contribution is 2.41.